The van der Waals surface area contributed by atoms with Crippen molar-refractivity contribution in [1.82, 2.24) is 0 Å². The zero-order chi connectivity index (χ0) is 7.49. The molecule has 10 heavy (non-hydrogen) atoms. The monoisotopic (exact) mass is 182 g/mol. The molecule has 0 radical (unpaired) electrons. The Morgan fingerprint density at radius 3 is 2.10 bits per heavy atom. The van der Waals surface area contributed by atoms with Crippen LogP contribution >= 0.6 is 7.37 Å². The molecule has 0 saturated heterocycles. The first-order chi connectivity index (χ1) is 3.98. The lowest BCUT2D eigenvalue weighted by Crippen LogP contribution is -2.04. The Labute approximate surface area is 69.8 Å². The molecule has 0 aromatic rings. The Kier molecular flexibility index (Phi) is 6.32. The average Bonchev–Trinajstić information content (AvgIpc) is 1.63. The standard InChI is InChI=1S/C4H9O4P.Al.3H/c1-2-9(7,8)3-4(5)6;;;;/h2-3H2,1H3,(H,5,6)(H,7,8);;;;. The van der Waals surface area contributed by atoms with Gasteiger partial charge in [0.1, 0.15) is 6.16 Å². The van der Waals surface area contributed by atoms with E-state index in [4.69, 9.17) is 10.00 Å². The number of hydrogen-bond donors (Lipinski definition) is 2. The SMILES string of the molecule is CCP(=O)(O)CC(=O)O.[AlH3]. The van der Waals surface area contributed by atoms with E-state index < -0.39 is 19.5 Å². The van der Waals surface area contributed by atoms with E-state index in [1.54, 1.807) is 0 Å². The Morgan fingerprint density at radius 2 is 2.00 bits per heavy atom. The molecule has 0 amide bonds. The molecular weight excluding hydrogens is 170 g/mol. The number of hydrogen-bond acceptors (Lipinski definition) is 2. The number of carbonyl (C=O) groups is 1. The summed E-state index contributed by atoms with van der Waals surface area (Å²) in [4.78, 5) is 18.5. The summed E-state index contributed by atoms with van der Waals surface area (Å²) in [6, 6.07) is 0. The van der Waals surface area contributed by atoms with Crippen LogP contribution in [-0.2, 0) is 9.36 Å². The smallest absolute Gasteiger partial charge is 0.313 e. The second-order valence-corrected chi connectivity index (χ2v) is 4.36. The lowest BCUT2D eigenvalue weighted by atomic mass is 10.8. The topological polar surface area (TPSA) is 74.6 Å². The Bertz CT molecular complexity index is 157. The molecule has 0 rings (SSSR count). The van der Waals surface area contributed by atoms with E-state index in [0.29, 0.717) is 0 Å². The maximum absolute atomic E-state index is 10.6. The van der Waals surface area contributed by atoms with Gasteiger partial charge in [-0.05, 0) is 0 Å². The third kappa shape index (κ3) is 6.31. The second-order valence-electron chi connectivity index (χ2n) is 1.71. The van der Waals surface area contributed by atoms with Crippen molar-refractivity contribution in [3.8, 4) is 0 Å². The fraction of sp³-hybridized carbons (Fsp3) is 0.750. The molecule has 4 nitrogen and oxygen atoms in total. The first-order valence-electron chi connectivity index (χ1n) is 2.50. The van der Waals surface area contributed by atoms with Crippen molar-refractivity contribution < 1.29 is 19.4 Å². The summed E-state index contributed by atoms with van der Waals surface area (Å²) in [6.07, 6.45) is -0.594. The van der Waals surface area contributed by atoms with Gasteiger partial charge in [-0.25, -0.2) is 0 Å². The molecule has 1 atom stereocenters. The Balaban J connectivity index is 0. The summed E-state index contributed by atoms with van der Waals surface area (Å²) in [5.74, 6) is -1.22. The van der Waals surface area contributed by atoms with Gasteiger partial charge in [-0.3, -0.25) is 9.36 Å². The first-order valence-corrected chi connectivity index (χ1v) is 4.53. The minimum absolute atomic E-state index is 0. The Hall–Kier alpha value is 0.192. The van der Waals surface area contributed by atoms with Crippen molar-refractivity contribution in [2.24, 2.45) is 0 Å². The van der Waals surface area contributed by atoms with E-state index >= 15 is 0 Å². The van der Waals surface area contributed by atoms with Crippen LogP contribution in [0.2, 0.25) is 0 Å². The van der Waals surface area contributed by atoms with Crippen LogP contribution in [0.3, 0.4) is 0 Å². The van der Waals surface area contributed by atoms with Crippen molar-refractivity contribution >= 4 is 30.7 Å². The van der Waals surface area contributed by atoms with Crippen LogP contribution < -0.4 is 0 Å². The zero-order valence-corrected chi connectivity index (χ0v) is 5.97. The van der Waals surface area contributed by atoms with Crippen molar-refractivity contribution in [3.63, 3.8) is 0 Å². The highest BCUT2D eigenvalue weighted by Crippen LogP contribution is 2.38. The highest BCUT2D eigenvalue weighted by molar-refractivity contribution is 7.58. The third-order valence-electron chi connectivity index (χ3n) is 0.876. The van der Waals surface area contributed by atoms with Crippen LogP contribution in [0.15, 0.2) is 0 Å². The quantitative estimate of drug-likeness (QED) is 0.441. The minimum atomic E-state index is -3.33. The van der Waals surface area contributed by atoms with Gasteiger partial charge in [0.15, 0.2) is 17.4 Å². The molecule has 0 aliphatic carbocycles. The van der Waals surface area contributed by atoms with Gasteiger partial charge in [0.25, 0.3) is 0 Å². The Morgan fingerprint density at radius 1 is 1.60 bits per heavy atom. The zero-order valence-electron chi connectivity index (χ0n) is 5.07. The fourth-order valence-corrected chi connectivity index (χ4v) is 0.969. The second kappa shape index (κ2) is 4.93. The molecule has 2 N–H and O–H groups in total. The van der Waals surface area contributed by atoms with Crippen molar-refractivity contribution in [2.75, 3.05) is 12.3 Å². The van der Waals surface area contributed by atoms with Gasteiger partial charge in [0.2, 0.25) is 7.37 Å². The highest BCUT2D eigenvalue weighted by atomic mass is 31.2. The van der Waals surface area contributed by atoms with Gasteiger partial charge >= 0.3 is 5.97 Å². The van der Waals surface area contributed by atoms with Crippen LogP contribution in [0.25, 0.3) is 0 Å². The average molecular weight is 182 g/mol. The summed E-state index contributed by atoms with van der Waals surface area (Å²) < 4.78 is 10.6. The van der Waals surface area contributed by atoms with Gasteiger partial charge in [-0.15, -0.1) is 0 Å². The predicted molar refractivity (Wildman–Crippen MR) is 42.8 cm³/mol. The van der Waals surface area contributed by atoms with Crippen molar-refractivity contribution in [1.29, 1.82) is 0 Å². The van der Waals surface area contributed by atoms with E-state index in [1.165, 1.54) is 6.92 Å². The lowest BCUT2D eigenvalue weighted by molar-refractivity contribution is -0.134. The maximum Gasteiger partial charge on any atom is 0.313 e. The lowest BCUT2D eigenvalue weighted by Gasteiger charge is -2.02. The van der Waals surface area contributed by atoms with Crippen LogP contribution in [-0.4, -0.2) is 45.7 Å². The summed E-state index contributed by atoms with van der Waals surface area (Å²) in [7, 11) is -3.33. The fourth-order valence-electron chi connectivity index (χ4n) is 0.323. The van der Waals surface area contributed by atoms with Gasteiger partial charge in [0.05, 0.1) is 0 Å². The van der Waals surface area contributed by atoms with E-state index in [2.05, 4.69) is 0 Å². The minimum Gasteiger partial charge on any atom is -0.481 e. The van der Waals surface area contributed by atoms with Crippen LogP contribution in [0.5, 0.6) is 0 Å². The van der Waals surface area contributed by atoms with Crippen molar-refractivity contribution in [3.05, 3.63) is 0 Å². The van der Waals surface area contributed by atoms with Gasteiger partial charge in [0, 0.05) is 6.16 Å². The highest BCUT2D eigenvalue weighted by Gasteiger charge is 2.18. The number of carboxylic acids is 1. The molecule has 0 saturated carbocycles. The molecule has 6 heteroatoms. The summed E-state index contributed by atoms with van der Waals surface area (Å²) in [6.45, 7) is 1.49. The molecule has 0 spiro atoms. The largest absolute Gasteiger partial charge is 0.481 e. The van der Waals surface area contributed by atoms with Gasteiger partial charge in [-0.1, -0.05) is 6.92 Å². The van der Waals surface area contributed by atoms with E-state index in [-0.39, 0.29) is 23.5 Å². The molecule has 0 fully saturated rings. The predicted octanol–water partition coefficient (Wildman–Crippen LogP) is -0.823. The van der Waals surface area contributed by atoms with Crippen LogP contribution in [0, 0.1) is 0 Å². The number of rotatable bonds is 3. The summed E-state index contributed by atoms with van der Waals surface area (Å²) in [5, 5.41) is 8.05. The summed E-state index contributed by atoms with van der Waals surface area (Å²) >= 11 is 0. The third-order valence-corrected chi connectivity index (χ3v) is 2.63. The molecule has 0 aromatic heterocycles. The molecular formula is C4H12AlO4P. The molecule has 60 valence electrons. The van der Waals surface area contributed by atoms with E-state index in [9.17, 15) is 9.36 Å². The summed E-state index contributed by atoms with van der Waals surface area (Å²) in [5.41, 5.74) is 0. The number of aliphatic carboxylic acids is 1. The van der Waals surface area contributed by atoms with Crippen molar-refractivity contribution in [2.45, 2.75) is 6.92 Å². The molecule has 0 aliphatic heterocycles. The van der Waals surface area contributed by atoms with Crippen LogP contribution in [0.1, 0.15) is 6.92 Å². The molecule has 1 unspecified atom stereocenters. The molecule has 0 bridgehead atoms. The normalized spacial score (nSPS) is 15.0. The molecule has 0 heterocycles. The van der Waals surface area contributed by atoms with E-state index in [0.717, 1.165) is 0 Å². The van der Waals surface area contributed by atoms with E-state index in [1.807, 2.05) is 0 Å². The molecule has 0 aliphatic rings. The van der Waals surface area contributed by atoms with Crippen LogP contribution in [0.4, 0.5) is 0 Å². The first kappa shape index (κ1) is 12.8. The number of carboxylic acid groups (broad SMARTS) is 1. The van der Waals surface area contributed by atoms with Gasteiger partial charge < -0.3 is 10.00 Å². The maximum atomic E-state index is 10.6. The van der Waals surface area contributed by atoms with Gasteiger partial charge in [-0.2, -0.15) is 0 Å². The molecule has 0 aromatic carbocycles.